The topological polar surface area (TPSA) is 64.4 Å². The summed E-state index contributed by atoms with van der Waals surface area (Å²) >= 11 is 0. The third-order valence-corrected chi connectivity index (χ3v) is 5.37. The van der Waals surface area contributed by atoms with Gasteiger partial charge in [-0.1, -0.05) is 36.4 Å². The van der Waals surface area contributed by atoms with Crippen LogP contribution in [0.25, 0.3) is 11.1 Å². The van der Waals surface area contributed by atoms with Gasteiger partial charge in [-0.3, -0.25) is 10.2 Å². The molecule has 0 aliphatic carbocycles. The number of halogens is 4. The maximum absolute atomic E-state index is 13.0. The van der Waals surface area contributed by atoms with E-state index in [0.29, 0.717) is 5.56 Å². The van der Waals surface area contributed by atoms with Gasteiger partial charge in [0.25, 0.3) is 0 Å². The molecule has 0 atom stereocenters. The maximum atomic E-state index is 13.0. The number of likely N-dealkylation sites (tertiary alicyclic amines) is 1. The first-order valence-corrected chi connectivity index (χ1v) is 9.10. The Morgan fingerprint density at radius 1 is 1.00 bits per heavy atom. The van der Waals surface area contributed by atoms with Gasteiger partial charge in [0.05, 0.1) is 11.8 Å². The molecule has 1 saturated heterocycles. The second-order valence-corrected chi connectivity index (χ2v) is 7.30. The summed E-state index contributed by atoms with van der Waals surface area (Å²) in [6, 6.07) is 13.0. The zero-order valence-corrected chi connectivity index (χ0v) is 15.5. The van der Waals surface area contributed by atoms with E-state index in [1.807, 2.05) is 0 Å². The average molecular weight is 408 g/mol. The lowest BCUT2D eigenvalue weighted by atomic mass is 9.75. The van der Waals surface area contributed by atoms with Crippen LogP contribution in [-0.4, -0.2) is 41.1 Å². The minimum Gasteiger partial charge on any atom is -0.481 e. The highest BCUT2D eigenvalue weighted by Gasteiger charge is 2.49. The van der Waals surface area contributed by atoms with E-state index in [1.165, 1.54) is 12.1 Å². The number of amidine groups is 1. The van der Waals surface area contributed by atoms with Gasteiger partial charge in [0.15, 0.2) is 0 Å². The fourth-order valence-electron chi connectivity index (χ4n) is 3.65. The van der Waals surface area contributed by atoms with Gasteiger partial charge in [0, 0.05) is 18.7 Å². The van der Waals surface area contributed by atoms with Gasteiger partial charge >= 0.3 is 12.1 Å². The molecular formula is C21H20F4N2O2. The van der Waals surface area contributed by atoms with E-state index in [4.69, 9.17) is 5.41 Å². The molecule has 0 spiro atoms. The first kappa shape index (κ1) is 20.8. The zero-order chi connectivity index (χ0) is 21.2. The maximum Gasteiger partial charge on any atom is 0.390 e. The van der Waals surface area contributed by atoms with Crippen LogP contribution in [0, 0.1) is 16.6 Å². The molecule has 1 aliphatic heterocycles. The van der Waals surface area contributed by atoms with Crippen molar-refractivity contribution >= 4 is 11.8 Å². The van der Waals surface area contributed by atoms with E-state index < -0.39 is 24.0 Å². The predicted octanol–water partition coefficient (Wildman–Crippen LogP) is 4.94. The normalized spacial score (nSPS) is 16.5. The molecule has 3 rings (SSSR count). The van der Waals surface area contributed by atoms with Gasteiger partial charge in [-0.15, -0.1) is 0 Å². The van der Waals surface area contributed by atoms with E-state index in [2.05, 4.69) is 0 Å². The molecule has 2 N–H and O–H groups in total. The molecule has 2 aromatic carbocycles. The van der Waals surface area contributed by atoms with Gasteiger partial charge in [0.2, 0.25) is 0 Å². The number of hydrogen-bond donors (Lipinski definition) is 2. The minimum atomic E-state index is -4.55. The second kappa shape index (κ2) is 7.85. The molecule has 0 bridgehead atoms. The number of aliphatic carboxylic acids is 1. The van der Waals surface area contributed by atoms with Crippen LogP contribution in [0.2, 0.25) is 0 Å². The van der Waals surface area contributed by atoms with Crippen LogP contribution in [0.4, 0.5) is 17.6 Å². The van der Waals surface area contributed by atoms with Crippen LogP contribution in [0.3, 0.4) is 0 Å². The first-order chi connectivity index (χ1) is 13.6. The van der Waals surface area contributed by atoms with E-state index in [0.717, 1.165) is 11.1 Å². The van der Waals surface area contributed by atoms with Gasteiger partial charge in [0.1, 0.15) is 11.7 Å². The highest BCUT2D eigenvalue weighted by atomic mass is 19.4. The van der Waals surface area contributed by atoms with Gasteiger partial charge in [-0.2, -0.15) is 13.2 Å². The van der Waals surface area contributed by atoms with E-state index in [1.54, 1.807) is 41.3 Å². The number of carbonyl (C=O) groups is 1. The Morgan fingerprint density at radius 3 is 1.93 bits per heavy atom. The molecular weight excluding hydrogens is 388 g/mol. The molecule has 1 heterocycles. The van der Waals surface area contributed by atoms with Crippen LogP contribution in [0.15, 0.2) is 48.5 Å². The van der Waals surface area contributed by atoms with E-state index >= 15 is 0 Å². The second-order valence-electron chi connectivity index (χ2n) is 7.30. The number of alkyl halides is 3. The number of nitrogens with one attached hydrogen (secondary N) is 1. The molecule has 0 unspecified atom stereocenters. The van der Waals surface area contributed by atoms with Crippen LogP contribution < -0.4 is 0 Å². The lowest BCUT2D eigenvalue weighted by molar-refractivity contribution is -0.183. The van der Waals surface area contributed by atoms with Crippen LogP contribution in [0.5, 0.6) is 0 Å². The third-order valence-electron chi connectivity index (χ3n) is 5.37. The van der Waals surface area contributed by atoms with Crippen LogP contribution in [-0.2, 0) is 4.79 Å². The fraction of sp³-hybridized carbons (Fsp3) is 0.333. The Hall–Kier alpha value is -2.90. The molecule has 4 nitrogen and oxygen atoms in total. The van der Waals surface area contributed by atoms with Crippen molar-refractivity contribution in [2.75, 3.05) is 13.1 Å². The average Bonchev–Trinajstić information content (AvgIpc) is 2.67. The summed E-state index contributed by atoms with van der Waals surface area (Å²) in [5.74, 6) is -1.63. The summed E-state index contributed by atoms with van der Waals surface area (Å²) in [6.45, 7) is 0.141. The van der Waals surface area contributed by atoms with Crippen molar-refractivity contribution in [1.82, 2.24) is 4.90 Å². The van der Waals surface area contributed by atoms with Crippen molar-refractivity contribution in [3.63, 3.8) is 0 Å². The first-order valence-electron chi connectivity index (χ1n) is 9.10. The zero-order valence-electron chi connectivity index (χ0n) is 15.5. The van der Waals surface area contributed by atoms with Crippen molar-refractivity contribution in [2.45, 2.75) is 25.4 Å². The standard InChI is InChI=1S/C21H20F4N2O2/c22-17-7-5-15(6-8-17)14-1-3-16(4-2-14)18(26)27-11-9-20(10-12-27,19(28)29)13-21(23,24)25/h1-8,26H,9-13H2,(H,28,29). The van der Waals surface area contributed by atoms with E-state index in [9.17, 15) is 27.5 Å². The lowest BCUT2D eigenvalue weighted by Crippen LogP contribution is -2.48. The van der Waals surface area contributed by atoms with Gasteiger partial charge in [-0.05, 0) is 36.1 Å². The summed E-state index contributed by atoms with van der Waals surface area (Å²) in [6.07, 6.45) is -6.25. The molecule has 154 valence electrons. The van der Waals surface area contributed by atoms with Crippen molar-refractivity contribution < 1.29 is 27.5 Å². The third kappa shape index (κ3) is 4.75. The molecule has 2 aromatic rings. The Morgan fingerprint density at radius 2 is 1.48 bits per heavy atom. The molecule has 29 heavy (non-hydrogen) atoms. The summed E-state index contributed by atoms with van der Waals surface area (Å²) in [4.78, 5) is 13.1. The number of hydrogen-bond acceptors (Lipinski definition) is 2. The van der Waals surface area contributed by atoms with Crippen molar-refractivity contribution in [3.8, 4) is 11.1 Å². The molecule has 1 aliphatic rings. The molecule has 0 aromatic heterocycles. The number of benzene rings is 2. The summed E-state index contributed by atoms with van der Waals surface area (Å²) < 4.78 is 51.5. The lowest BCUT2D eigenvalue weighted by Gasteiger charge is -2.40. The smallest absolute Gasteiger partial charge is 0.390 e. The molecule has 1 fully saturated rings. The summed E-state index contributed by atoms with van der Waals surface area (Å²) in [5, 5.41) is 17.7. The van der Waals surface area contributed by atoms with Gasteiger partial charge in [-0.25, -0.2) is 4.39 Å². The Labute approximate surface area is 165 Å². The summed E-state index contributed by atoms with van der Waals surface area (Å²) in [5.41, 5.74) is 0.409. The van der Waals surface area contributed by atoms with Crippen molar-refractivity contribution in [2.24, 2.45) is 5.41 Å². The number of rotatable bonds is 4. The van der Waals surface area contributed by atoms with Crippen molar-refractivity contribution in [3.05, 3.63) is 59.9 Å². The monoisotopic (exact) mass is 408 g/mol. The number of carboxylic acid groups (broad SMARTS) is 1. The highest BCUT2D eigenvalue weighted by Crippen LogP contribution is 2.42. The number of carboxylic acids is 1. The van der Waals surface area contributed by atoms with Crippen LogP contribution in [0.1, 0.15) is 24.8 Å². The quantitative estimate of drug-likeness (QED) is 0.428. The molecule has 0 radical (unpaired) electrons. The molecule has 8 heteroatoms. The Bertz CT molecular complexity index is 884. The predicted molar refractivity (Wildman–Crippen MR) is 100 cm³/mol. The Balaban J connectivity index is 1.69. The van der Waals surface area contributed by atoms with Crippen molar-refractivity contribution in [1.29, 1.82) is 5.41 Å². The number of nitrogens with zero attached hydrogens (tertiary/aromatic N) is 1. The number of piperidine rings is 1. The van der Waals surface area contributed by atoms with Crippen LogP contribution >= 0.6 is 0 Å². The Kier molecular flexibility index (Phi) is 5.64. The van der Waals surface area contributed by atoms with Gasteiger partial charge < -0.3 is 10.0 Å². The highest BCUT2D eigenvalue weighted by molar-refractivity contribution is 5.97. The summed E-state index contributed by atoms with van der Waals surface area (Å²) in [7, 11) is 0. The largest absolute Gasteiger partial charge is 0.481 e. The molecule has 0 saturated carbocycles. The molecule has 0 amide bonds. The van der Waals surface area contributed by atoms with E-state index in [-0.39, 0.29) is 37.6 Å². The minimum absolute atomic E-state index is 0.0704. The fourth-order valence-corrected chi connectivity index (χ4v) is 3.65. The SMILES string of the molecule is N=C(c1ccc(-c2ccc(F)cc2)cc1)N1CCC(CC(F)(F)F)(C(=O)O)CC1.